The minimum Gasteiger partial charge on any atom is -0.494 e. The second kappa shape index (κ2) is 13.0. The van der Waals surface area contributed by atoms with Crippen molar-refractivity contribution in [2.45, 2.75) is 58.5 Å². The third kappa shape index (κ3) is 9.51. The molecule has 2 aromatic rings. The quantitative estimate of drug-likeness (QED) is 0.449. The molecule has 7 nitrogen and oxygen atoms in total. The molecular formula is C28H39N3O4. The van der Waals surface area contributed by atoms with Gasteiger partial charge in [0, 0.05) is 31.9 Å². The minimum absolute atomic E-state index is 0.140. The first-order valence-corrected chi connectivity index (χ1v) is 12.6. The minimum atomic E-state index is -0.519. The summed E-state index contributed by atoms with van der Waals surface area (Å²) in [5, 5.41) is 2.96. The lowest BCUT2D eigenvalue weighted by Crippen LogP contribution is -2.52. The molecule has 0 radical (unpaired) electrons. The van der Waals surface area contributed by atoms with Gasteiger partial charge >= 0.3 is 12.1 Å². The number of urea groups is 1. The van der Waals surface area contributed by atoms with Crippen LogP contribution in [0.1, 0.15) is 52.0 Å². The van der Waals surface area contributed by atoms with Gasteiger partial charge in [-0.1, -0.05) is 43.2 Å². The highest BCUT2D eigenvalue weighted by Crippen LogP contribution is 2.16. The SMILES string of the molecule is CC(C)(C)OC(=O)N1CCN(C(=O)Nc2ccc(CCCCCCOc3ccccc3)cc2)CC1. The molecule has 2 aromatic carbocycles. The fourth-order valence-corrected chi connectivity index (χ4v) is 3.87. The number of nitrogens with one attached hydrogen (secondary N) is 1. The van der Waals surface area contributed by atoms with Crippen molar-refractivity contribution in [3.63, 3.8) is 0 Å². The molecule has 1 saturated heterocycles. The Morgan fingerprint density at radius 2 is 1.46 bits per heavy atom. The van der Waals surface area contributed by atoms with E-state index in [-0.39, 0.29) is 12.1 Å². The summed E-state index contributed by atoms with van der Waals surface area (Å²) in [4.78, 5) is 28.2. The Bertz CT molecular complexity index is 917. The van der Waals surface area contributed by atoms with Crippen molar-refractivity contribution in [1.82, 2.24) is 9.80 Å². The van der Waals surface area contributed by atoms with Crippen LogP contribution in [-0.4, -0.2) is 60.3 Å². The summed E-state index contributed by atoms with van der Waals surface area (Å²) in [6.45, 7) is 8.23. The molecule has 1 aliphatic heterocycles. The number of anilines is 1. The van der Waals surface area contributed by atoms with Crippen molar-refractivity contribution in [3.05, 3.63) is 60.2 Å². The number of benzene rings is 2. The summed E-state index contributed by atoms with van der Waals surface area (Å²) < 4.78 is 11.1. The van der Waals surface area contributed by atoms with Gasteiger partial charge in [0.15, 0.2) is 0 Å². The number of nitrogens with zero attached hydrogens (tertiary/aromatic N) is 2. The number of ether oxygens (including phenoxy) is 2. The largest absolute Gasteiger partial charge is 0.494 e. The van der Waals surface area contributed by atoms with Crippen molar-refractivity contribution < 1.29 is 19.1 Å². The lowest BCUT2D eigenvalue weighted by atomic mass is 10.1. The molecule has 35 heavy (non-hydrogen) atoms. The number of aryl methyl sites for hydroxylation is 1. The van der Waals surface area contributed by atoms with Gasteiger partial charge in [0.25, 0.3) is 0 Å². The van der Waals surface area contributed by atoms with Crippen LogP contribution in [0.4, 0.5) is 15.3 Å². The van der Waals surface area contributed by atoms with Crippen LogP contribution in [0.3, 0.4) is 0 Å². The number of hydrogen-bond donors (Lipinski definition) is 1. The molecule has 1 heterocycles. The second-order valence-electron chi connectivity index (χ2n) is 9.91. The molecule has 3 rings (SSSR count). The summed E-state index contributed by atoms with van der Waals surface area (Å²) in [7, 11) is 0. The standard InChI is InChI=1S/C28H39N3O4/c1-28(2,3)35-27(33)31-20-18-30(19-21-31)26(32)29-24-16-14-23(15-17-24)11-7-4-5-10-22-34-25-12-8-6-9-13-25/h6,8-9,12-17H,4-5,7,10-11,18-22H2,1-3H3,(H,29,32). The smallest absolute Gasteiger partial charge is 0.410 e. The fourth-order valence-electron chi connectivity index (χ4n) is 3.87. The molecule has 0 unspecified atom stereocenters. The van der Waals surface area contributed by atoms with Crippen LogP contribution < -0.4 is 10.1 Å². The molecule has 1 N–H and O–H groups in total. The van der Waals surface area contributed by atoms with E-state index in [2.05, 4.69) is 17.4 Å². The summed E-state index contributed by atoms with van der Waals surface area (Å²) in [5.41, 5.74) is 1.54. The number of piperazine rings is 1. The van der Waals surface area contributed by atoms with E-state index >= 15 is 0 Å². The van der Waals surface area contributed by atoms with Gasteiger partial charge in [-0.25, -0.2) is 9.59 Å². The van der Waals surface area contributed by atoms with Gasteiger partial charge in [0.05, 0.1) is 6.61 Å². The van der Waals surface area contributed by atoms with Gasteiger partial charge < -0.3 is 24.6 Å². The molecule has 0 atom stereocenters. The Morgan fingerprint density at radius 1 is 0.829 bits per heavy atom. The molecule has 0 bridgehead atoms. The molecule has 7 heteroatoms. The number of rotatable bonds is 9. The van der Waals surface area contributed by atoms with E-state index in [1.165, 1.54) is 12.0 Å². The normalized spacial score (nSPS) is 13.9. The van der Waals surface area contributed by atoms with E-state index in [0.29, 0.717) is 26.2 Å². The number of unbranched alkanes of at least 4 members (excludes halogenated alkanes) is 3. The van der Waals surface area contributed by atoms with Crippen molar-refractivity contribution in [3.8, 4) is 5.75 Å². The van der Waals surface area contributed by atoms with Crippen LogP contribution in [0.5, 0.6) is 5.75 Å². The van der Waals surface area contributed by atoms with E-state index in [0.717, 1.165) is 43.7 Å². The number of para-hydroxylation sites is 1. The number of carbonyl (C=O) groups excluding carboxylic acids is 2. The van der Waals surface area contributed by atoms with Crippen LogP contribution in [0.25, 0.3) is 0 Å². The molecule has 190 valence electrons. The van der Waals surface area contributed by atoms with E-state index in [4.69, 9.17) is 9.47 Å². The summed E-state index contributed by atoms with van der Waals surface area (Å²) >= 11 is 0. The predicted molar refractivity (Wildman–Crippen MR) is 139 cm³/mol. The van der Waals surface area contributed by atoms with Gasteiger partial charge in [-0.05, 0) is 69.9 Å². The van der Waals surface area contributed by atoms with E-state index in [9.17, 15) is 9.59 Å². The third-order valence-corrected chi connectivity index (χ3v) is 5.80. The lowest BCUT2D eigenvalue weighted by Gasteiger charge is -2.35. The molecule has 0 saturated carbocycles. The molecule has 3 amide bonds. The Hall–Kier alpha value is -3.22. The molecule has 0 spiro atoms. The van der Waals surface area contributed by atoms with Crippen LogP contribution in [0, 0.1) is 0 Å². The molecular weight excluding hydrogens is 442 g/mol. The van der Waals surface area contributed by atoms with E-state index in [1.807, 2.05) is 63.2 Å². The van der Waals surface area contributed by atoms with Gasteiger partial charge in [-0.3, -0.25) is 0 Å². The van der Waals surface area contributed by atoms with Gasteiger partial charge in [-0.2, -0.15) is 0 Å². The Labute approximate surface area is 209 Å². The first-order chi connectivity index (χ1) is 16.8. The fraction of sp³-hybridized carbons (Fsp3) is 0.500. The highest BCUT2D eigenvalue weighted by Gasteiger charge is 2.27. The van der Waals surface area contributed by atoms with Gasteiger partial charge in [-0.15, -0.1) is 0 Å². The zero-order chi connectivity index (χ0) is 25.1. The topological polar surface area (TPSA) is 71.1 Å². The van der Waals surface area contributed by atoms with Crippen LogP contribution >= 0.6 is 0 Å². The summed E-state index contributed by atoms with van der Waals surface area (Å²) in [6, 6.07) is 17.9. The second-order valence-corrected chi connectivity index (χ2v) is 9.91. The average molecular weight is 482 g/mol. The summed E-state index contributed by atoms with van der Waals surface area (Å²) in [6.07, 6.45) is 5.23. The van der Waals surface area contributed by atoms with E-state index in [1.54, 1.807) is 9.80 Å². The van der Waals surface area contributed by atoms with Crippen LogP contribution in [-0.2, 0) is 11.2 Å². The number of carbonyl (C=O) groups is 2. The maximum absolute atomic E-state index is 12.6. The zero-order valence-corrected chi connectivity index (χ0v) is 21.3. The molecule has 0 aliphatic carbocycles. The third-order valence-electron chi connectivity index (χ3n) is 5.80. The monoisotopic (exact) mass is 481 g/mol. The molecule has 1 aliphatic rings. The zero-order valence-electron chi connectivity index (χ0n) is 21.3. The van der Waals surface area contributed by atoms with Crippen molar-refractivity contribution >= 4 is 17.8 Å². The maximum Gasteiger partial charge on any atom is 0.410 e. The van der Waals surface area contributed by atoms with E-state index < -0.39 is 5.60 Å². The van der Waals surface area contributed by atoms with Crippen LogP contribution in [0.2, 0.25) is 0 Å². The highest BCUT2D eigenvalue weighted by atomic mass is 16.6. The Morgan fingerprint density at radius 3 is 2.11 bits per heavy atom. The molecule has 0 aromatic heterocycles. The van der Waals surface area contributed by atoms with Gasteiger partial charge in [0.1, 0.15) is 11.4 Å². The van der Waals surface area contributed by atoms with Crippen molar-refractivity contribution in [1.29, 1.82) is 0 Å². The first-order valence-electron chi connectivity index (χ1n) is 12.6. The predicted octanol–water partition coefficient (Wildman–Crippen LogP) is 5.95. The highest BCUT2D eigenvalue weighted by molar-refractivity contribution is 5.89. The molecule has 1 fully saturated rings. The number of amides is 3. The Balaban J connectivity index is 1.29. The van der Waals surface area contributed by atoms with Crippen molar-refractivity contribution in [2.75, 3.05) is 38.1 Å². The Kier molecular flexibility index (Phi) is 9.82. The van der Waals surface area contributed by atoms with Crippen molar-refractivity contribution in [2.24, 2.45) is 0 Å². The lowest BCUT2D eigenvalue weighted by molar-refractivity contribution is 0.0174. The van der Waals surface area contributed by atoms with Crippen LogP contribution in [0.15, 0.2) is 54.6 Å². The average Bonchev–Trinajstić information content (AvgIpc) is 2.84. The maximum atomic E-state index is 12.6. The summed E-state index contributed by atoms with van der Waals surface area (Å²) in [5.74, 6) is 0.933. The van der Waals surface area contributed by atoms with Gasteiger partial charge in [0.2, 0.25) is 0 Å². The first kappa shape index (κ1) is 26.4. The number of hydrogen-bond acceptors (Lipinski definition) is 4.